The van der Waals surface area contributed by atoms with E-state index in [-0.39, 0.29) is 18.1 Å². The fourth-order valence-electron chi connectivity index (χ4n) is 1.40. The first-order valence-corrected chi connectivity index (χ1v) is 5.58. The monoisotopic (exact) mass is 253 g/mol. The molecule has 98 valence electrons. The highest BCUT2D eigenvalue weighted by Crippen LogP contribution is 2.04. The van der Waals surface area contributed by atoms with Crippen molar-refractivity contribution in [1.29, 1.82) is 0 Å². The molecule has 18 heavy (non-hydrogen) atoms. The number of nitrogens with zero attached hydrogens (tertiary/aromatic N) is 1. The Morgan fingerprint density at radius 3 is 2.44 bits per heavy atom. The van der Waals surface area contributed by atoms with Crippen LogP contribution in [0.15, 0.2) is 24.3 Å². The molecule has 0 saturated heterocycles. The molecule has 1 rings (SSSR count). The fourth-order valence-corrected chi connectivity index (χ4v) is 1.40. The normalized spacial score (nSPS) is 9.94. The lowest BCUT2D eigenvalue weighted by Gasteiger charge is -2.16. The Bertz CT molecular complexity index is 417. The average molecular weight is 253 g/mol. The zero-order valence-electron chi connectivity index (χ0n) is 10.5. The molecule has 0 spiro atoms. The van der Waals surface area contributed by atoms with Crippen LogP contribution in [0.4, 0.5) is 4.39 Å². The first kappa shape index (κ1) is 14.2. The lowest BCUT2D eigenvalue weighted by Crippen LogP contribution is -2.30. The zero-order valence-corrected chi connectivity index (χ0v) is 10.5. The van der Waals surface area contributed by atoms with Crippen molar-refractivity contribution >= 4 is 11.9 Å². The summed E-state index contributed by atoms with van der Waals surface area (Å²) in [6.07, 6.45) is 0.361. The molecule has 1 aromatic rings. The van der Waals surface area contributed by atoms with Crippen molar-refractivity contribution in [2.45, 2.75) is 12.8 Å². The lowest BCUT2D eigenvalue weighted by atomic mass is 10.1. The van der Waals surface area contributed by atoms with E-state index >= 15 is 0 Å². The number of hydrogen-bond acceptors (Lipinski definition) is 3. The van der Waals surface area contributed by atoms with Crippen molar-refractivity contribution in [2.24, 2.45) is 0 Å². The van der Waals surface area contributed by atoms with E-state index in [9.17, 15) is 14.0 Å². The SMILES string of the molecule is COC(=O)CC(=O)N(C)CCc1ccc(F)cc1. The highest BCUT2D eigenvalue weighted by Gasteiger charge is 2.13. The van der Waals surface area contributed by atoms with Gasteiger partial charge in [-0.3, -0.25) is 9.59 Å². The molecule has 0 bridgehead atoms. The third kappa shape index (κ3) is 4.53. The lowest BCUT2D eigenvalue weighted by molar-refractivity contribution is -0.146. The summed E-state index contributed by atoms with van der Waals surface area (Å²) >= 11 is 0. The number of methoxy groups -OCH3 is 1. The molecule has 0 fully saturated rings. The topological polar surface area (TPSA) is 46.6 Å². The molecule has 0 radical (unpaired) electrons. The van der Waals surface area contributed by atoms with Gasteiger partial charge in [-0.15, -0.1) is 0 Å². The van der Waals surface area contributed by atoms with E-state index in [0.29, 0.717) is 13.0 Å². The smallest absolute Gasteiger partial charge is 0.315 e. The summed E-state index contributed by atoms with van der Waals surface area (Å²) in [7, 11) is 2.86. The first-order chi connectivity index (χ1) is 8.52. The van der Waals surface area contributed by atoms with Crippen LogP contribution in [-0.2, 0) is 20.7 Å². The Hall–Kier alpha value is -1.91. The predicted octanol–water partition coefficient (Wildman–Crippen LogP) is 1.39. The third-order valence-electron chi connectivity index (χ3n) is 2.60. The Morgan fingerprint density at radius 1 is 1.28 bits per heavy atom. The average Bonchev–Trinajstić information content (AvgIpc) is 2.37. The second-order valence-corrected chi connectivity index (χ2v) is 3.94. The number of benzene rings is 1. The maximum absolute atomic E-state index is 12.7. The standard InChI is InChI=1S/C13H16FNO3/c1-15(12(16)9-13(17)18-2)8-7-10-3-5-11(14)6-4-10/h3-6H,7-9H2,1-2H3. The van der Waals surface area contributed by atoms with Gasteiger partial charge >= 0.3 is 5.97 Å². The largest absolute Gasteiger partial charge is 0.469 e. The van der Waals surface area contributed by atoms with Gasteiger partial charge in [-0.05, 0) is 24.1 Å². The summed E-state index contributed by atoms with van der Waals surface area (Å²) in [5, 5.41) is 0. The van der Waals surface area contributed by atoms with Crippen LogP contribution in [0.1, 0.15) is 12.0 Å². The van der Waals surface area contributed by atoms with Gasteiger partial charge in [0.1, 0.15) is 12.2 Å². The summed E-state index contributed by atoms with van der Waals surface area (Å²) in [6.45, 7) is 0.474. The van der Waals surface area contributed by atoms with Gasteiger partial charge < -0.3 is 9.64 Å². The van der Waals surface area contributed by atoms with E-state index in [2.05, 4.69) is 4.74 Å². The van der Waals surface area contributed by atoms with Gasteiger partial charge in [-0.2, -0.15) is 0 Å². The number of rotatable bonds is 5. The highest BCUT2D eigenvalue weighted by molar-refractivity contribution is 5.94. The highest BCUT2D eigenvalue weighted by atomic mass is 19.1. The molecule has 1 amide bonds. The molecule has 0 aliphatic rings. The number of ether oxygens (including phenoxy) is 1. The molecule has 0 unspecified atom stereocenters. The molecule has 0 N–H and O–H groups in total. The minimum absolute atomic E-state index is 0.254. The first-order valence-electron chi connectivity index (χ1n) is 5.58. The molecule has 0 heterocycles. The van der Waals surface area contributed by atoms with E-state index in [0.717, 1.165) is 5.56 Å². The van der Waals surface area contributed by atoms with Gasteiger partial charge in [0.2, 0.25) is 5.91 Å². The number of likely N-dealkylation sites (N-methyl/N-ethyl adjacent to an activating group) is 1. The van der Waals surface area contributed by atoms with Crippen molar-refractivity contribution in [1.82, 2.24) is 4.90 Å². The zero-order chi connectivity index (χ0) is 13.5. The van der Waals surface area contributed by atoms with Crippen LogP contribution in [-0.4, -0.2) is 37.5 Å². The number of carbonyl (C=O) groups is 2. The molecule has 0 aliphatic carbocycles. The number of carbonyl (C=O) groups excluding carboxylic acids is 2. The van der Waals surface area contributed by atoms with Gasteiger partial charge in [-0.1, -0.05) is 12.1 Å². The molecule has 0 saturated carbocycles. The second-order valence-electron chi connectivity index (χ2n) is 3.94. The molecule has 5 heteroatoms. The summed E-state index contributed by atoms with van der Waals surface area (Å²) in [5.41, 5.74) is 0.939. The van der Waals surface area contributed by atoms with Crippen LogP contribution in [0.25, 0.3) is 0 Å². The number of halogens is 1. The Balaban J connectivity index is 2.40. The van der Waals surface area contributed by atoms with E-state index in [1.807, 2.05) is 0 Å². The van der Waals surface area contributed by atoms with Crippen LogP contribution >= 0.6 is 0 Å². The summed E-state index contributed by atoms with van der Waals surface area (Å²) in [4.78, 5) is 23.9. The van der Waals surface area contributed by atoms with E-state index in [1.165, 1.54) is 24.1 Å². The van der Waals surface area contributed by atoms with Gasteiger partial charge in [0, 0.05) is 13.6 Å². The van der Waals surface area contributed by atoms with Crippen LogP contribution in [0.5, 0.6) is 0 Å². The number of amides is 1. The second kappa shape index (κ2) is 6.74. The van der Waals surface area contributed by atoms with Gasteiger partial charge in [-0.25, -0.2) is 4.39 Å². The molecular formula is C13H16FNO3. The Morgan fingerprint density at radius 2 is 1.89 bits per heavy atom. The molecule has 4 nitrogen and oxygen atoms in total. The van der Waals surface area contributed by atoms with E-state index < -0.39 is 5.97 Å². The molecular weight excluding hydrogens is 237 g/mol. The maximum atomic E-state index is 12.7. The number of esters is 1. The van der Waals surface area contributed by atoms with Crippen molar-refractivity contribution in [3.05, 3.63) is 35.6 Å². The van der Waals surface area contributed by atoms with Crippen LogP contribution in [0, 0.1) is 5.82 Å². The van der Waals surface area contributed by atoms with Crippen LogP contribution < -0.4 is 0 Å². The Kier molecular flexibility index (Phi) is 5.30. The quantitative estimate of drug-likeness (QED) is 0.588. The maximum Gasteiger partial charge on any atom is 0.315 e. The van der Waals surface area contributed by atoms with E-state index in [1.54, 1.807) is 19.2 Å². The van der Waals surface area contributed by atoms with Crippen molar-refractivity contribution in [3.63, 3.8) is 0 Å². The van der Waals surface area contributed by atoms with Gasteiger partial charge in [0.05, 0.1) is 7.11 Å². The summed E-state index contributed by atoms with van der Waals surface area (Å²) in [5.74, 6) is -1.12. The molecule has 1 aromatic carbocycles. The van der Waals surface area contributed by atoms with Crippen molar-refractivity contribution < 1.29 is 18.7 Å². The third-order valence-corrected chi connectivity index (χ3v) is 2.60. The minimum atomic E-state index is -0.548. The predicted molar refractivity (Wildman–Crippen MR) is 64.4 cm³/mol. The van der Waals surface area contributed by atoms with Crippen molar-refractivity contribution in [3.8, 4) is 0 Å². The van der Waals surface area contributed by atoms with Crippen LogP contribution in [0.2, 0.25) is 0 Å². The fraction of sp³-hybridized carbons (Fsp3) is 0.385. The van der Waals surface area contributed by atoms with E-state index in [4.69, 9.17) is 0 Å². The van der Waals surface area contributed by atoms with Gasteiger partial charge in [0.15, 0.2) is 0 Å². The summed E-state index contributed by atoms with van der Waals surface area (Å²) < 4.78 is 17.1. The Labute approximate surface area is 105 Å². The summed E-state index contributed by atoms with van der Waals surface area (Å²) in [6, 6.07) is 6.11. The number of hydrogen-bond donors (Lipinski definition) is 0. The minimum Gasteiger partial charge on any atom is -0.469 e. The van der Waals surface area contributed by atoms with Crippen molar-refractivity contribution in [2.75, 3.05) is 20.7 Å². The van der Waals surface area contributed by atoms with Gasteiger partial charge in [0.25, 0.3) is 0 Å². The molecule has 0 atom stereocenters. The van der Waals surface area contributed by atoms with Crippen LogP contribution in [0.3, 0.4) is 0 Å². The molecule has 0 aliphatic heterocycles. The molecule has 0 aromatic heterocycles.